The molecule has 1 heterocycles. The third kappa shape index (κ3) is 3.98. The highest BCUT2D eigenvalue weighted by atomic mass is 32.2. The number of nitrogens with zero attached hydrogens (tertiary/aromatic N) is 1. The van der Waals surface area contributed by atoms with Crippen molar-refractivity contribution in [3.63, 3.8) is 0 Å². The van der Waals surface area contributed by atoms with Gasteiger partial charge in [-0.25, -0.2) is 4.98 Å². The standard InChI is InChI=1S/C15H18N2OS/c1-10-6-11(2)17-15(7-10)19-9-14(18)12-4-3-5-13(16)8-12/h3-8,14,18H,9,16H2,1-2H3. The number of thioether (sulfide) groups is 1. The number of pyridine rings is 1. The van der Waals surface area contributed by atoms with Crippen LogP contribution in [0, 0.1) is 13.8 Å². The third-order valence-corrected chi connectivity index (χ3v) is 3.75. The molecule has 2 aromatic rings. The zero-order valence-electron chi connectivity index (χ0n) is 11.1. The van der Waals surface area contributed by atoms with E-state index in [-0.39, 0.29) is 0 Å². The van der Waals surface area contributed by atoms with Gasteiger partial charge in [0.2, 0.25) is 0 Å². The van der Waals surface area contributed by atoms with Crippen molar-refractivity contribution in [3.05, 3.63) is 53.2 Å². The molecule has 0 amide bonds. The van der Waals surface area contributed by atoms with Gasteiger partial charge in [0.15, 0.2) is 0 Å². The summed E-state index contributed by atoms with van der Waals surface area (Å²) in [6.45, 7) is 4.03. The zero-order chi connectivity index (χ0) is 13.8. The van der Waals surface area contributed by atoms with Gasteiger partial charge in [-0.2, -0.15) is 0 Å². The minimum atomic E-state index is -0.531. The summed E-state index contributed by atoms with van der Waals surface area (Å²) < 4.78 is 0. The quantitative estimate of drug-likeness (QED) is 0.664. The first-order chi connectivity index (χ1) is 9.04. The van der Waals surface area contributed by atoms with Gasteiger partial charge in [0, 0.05) is 17.1 Å². The molecular formula is C15H18N2OS. The van der Waals surface area contributed by atoms with Gasteiger partial charge in [-0.3, -0.25) is 0 Å². The molecule has 0 aliphatic heterocycles. The largest absolute Gasteiger partial charge is 0.399 e. The molecule has 2 rings (SSSR count). The summed E-state index contributed by atoms with van der Waals surface area (Å²) >= 11 is 1.56. The number of nitrogens with two attached hydrogens (primary N) is 1. The summed E-state index contributed by atoms with van der Waals surface area (Å²) in [7, 11) is 0. The predicted octanol–water partition coefficient (Wildman–Crippen LogP) is 3.11. The third-order valence-electron chi connectivity index (χ3n) is 2.76. The molecule has 1 aromatic carbocycles. The molecule has 0 bridgehead atoms. The molecule has 0 saturated heterocycles. The van der Waals surface area contributed by atoms with E-state index in [1.54, 1.807) is 17.8 Å². The van der Waals surface area contributed by atoms with Crippen molar-refractivity contribution in [3.8, 4) is 0 Å². The fourth-order valence-corrected chi connectivity index (χ4v) is 2.90. The average molecular weight is 274 g/mol. The van der Waals surface area contributed by atoms with Crippen LogP contribution in [-0.4, -0.2) is 15.8 Å². The maximum Gasteiger partial charge on any atom is 0.0966 e. The number of nitrogen functional groups attached to an aromatic ring is 1. The number of aromatic nitrogens is 1. The number of benzene rings is 1. The van der Waals surface area contributed by atoms with Gasteiger partial charge in [-0.05, 0) is 49.2 Å². The van der Waals surface area contributed by atoms with E-state index in [4.69, 9.17) is 5.73 Å². The molecule has 1 atom stereocenters. The van der Waals surface area contributed by atoms with Gasteiger partial charge >= 0.3 is 0 Å². The smallest absolute Gasteiger partial charge is 0.0966 e. The van der Waals surface area contributed by atoms with Crippen molar-refractivity contribution in [2.24, 2.45) is 0 Å². The minimum absolute atomic E-state index is 0.531. The van der Waals surface area contributed by atoms with Gasteiger partial charge in [0.1, 0.15) is 0 Å². The molecular weight excluding hydrogens is 256 g/mol. The first kappa shape index (κ1) is 13.9. The topological polar surface area (TPSA) is 59.1 Å². The Morgan fingerprint density at radius 1 is 1.26 bits per heavy atom. The lowest BCUT2D eigenvalue weighted by molar-refractivity contribution is 0.204. The lowest BCUT2D eigenvalue weighted by Crippen LogP contribution is -2.02. The van der Waals surface area contributed by atoms with Gasteiger partial charge < -0.3 is 10.8 Å². The van der Waals surface area contributed by atoms with Crippen LogP contribution in [0.2, 0.25) is 0 Å². The monoisotopic (exact) mass is 274 g/mol. The van der Waals surface area contributed by atoms with Gasteiger partial charge in [0.05, 0.1) is 11.1 Å². The lowest BCUT2D eigenvalue weighted by Gasteiger charge is -2.11. The van der Waals surface area contributed by atoms with Crippen LogP contribution in [0.1, 0.15) is 22.9 Å². The van der Waals surface area contributed by atoms with Crippen LogP contribution >= 0.6 is 11.8 Å². The Labute approximate surface area is 117 Å². The van der Waals surface area contributed by atoms with Crippen LogP contribution in [0.4, 0.5) is 5.69 Å². The molecule has 3 nitrogen and oxygen atoms in total. The molecule has 0 spiro atoms. The predicted molar refractivity (Wildman–Crippen MR) is 80.2 cm³/mol. The second-order valence-corrected chi connectivity index (χ2v) is 5.66. The van der Waals surface area contributed by atoms with E-state index in [1.165, 1.54) is 5.56 Å². The van der Waals surface area contributed by atoms with Crippen LogP contribution in [0.15, 0.2) is 41.4 Å². The summed E-state index contributed by atoms with van der Waals surface area (Å²) in [6.07, 6.45) is -0.531. The number of aliphatic hydroxyl groups excluding tert-OH is 1. The SMILES string of the molecule is Cc1cc(C)nc(SCC(O)c2cccc(N)c2)c1. The Bertz CT molecular complexity index is 552. The fourth-order valence-electron chi connectivity index (χ4n) is 1.91. The maximum atomic E-state index is 10.1. The van der Waals surface area contributed by atoms with E-state index in [0.717, 1.165) is 16.3 Å². The molecule has 1 unspecified atom stereocenters. The minimum Gasteiger partial charge on any atom is -0.399 e. The van der Waals surface area contributed by atoms with Crippen molar-refractivity contribution in [1.82, 2.24) is 4.98 Å². The van der Waals surface area contributed by atoms with E-state index in [0.29, 0.717) is 11.4 Å². The highest BCUT2D eigenvalue weighted by Gasteiger charge is 2.09. The fraction of sp³-hybridized carbons (Fsp3) is 0.267. The molecule has 0 radical (unpaired) electrons. The Kier molecular flexibility index (Phi) is 4.45. The van der Waals surface area contributed by atoms with E-state index in [2.05, 4.69) is 4.98 Å². The first-order valence-corrected chi connectivity index (χ1v) is 7.15. The summed E-state index contributed by atoms with van der Waals surface area (Å²) in [5, 5.41) is 11.1. The zero-order valence-corrected chi connectivity index (χ0v) is 11.9. The number of rotatable bonds is 4. The maximum absolute atomic E-state index is 10.1. The Morgan fingerprint density at radius 3 is 2.74 bits per heavy atom. The van der Waals surface area contributed by atoms with Crippen LogP contribution in [-0.2, 0) is 0 Å². The number of aliphatic hydroxyl groups is 1. The van der Waals surface area contributed by atoms with E-state index in [1.807, 2.05) is 44.2 Å². The van der Waals surface area contributed by atoms with Crippen molar-refractivity contribution >= 4 is 17.4 Å². The second kappa shape index (κ2) is 6.08. The average Bonchev–Trinajstić information content (AvgIpc) is 2.35. The van der Waals surface area contributed by atoms with Gasteiger partial charge in [-0.15, -0.1) is 11.8 Å². The Hall–Kier alpha value is -1.52. The van der Waals surface area contributed by atoms with E-state index in [9.17, 15) is 5.11 Å². The van der Waals surface area contributed by atoms with Crippen molar-refractivity contribution in [1.29, 1.82) is 0 Å². The highest BCUT2D eigenvalue weighted by molar-refractivity contribution is 7.99. The van der Waals surface area contributed by atoms with Crippen LogP contribution < -0.4 is 5.73 Å². The normalized spacial score (nSPS) is 12.4. The summed E-state index contributed by atoms with van der Waals surface area (Å²) in [5.74, 6) is 0.569. The van der Waals surface area contributed by atoms with Crippen LogP contribution in [0.25, 0.3) is 0 Å². The number of hydrogen-bond donors (Lipinski definition) is 2. The second-order valence-electron chi connectivity index (χ2n) is 4.62. The van der Waals surface area contributed by atoms with E-state index >= 15 is 0 Å². The Balaban J connectivity index is 2.02. The van der Waals surface area contributed by atoms with Gasteiger partial charge in [0.25, 0.3) is 0 Å². The summed E-state index contributed by atoms with van der Waals surface area (Å²) in [5.41, 5.74) is 9.42. The summed E-state index contributed by atoms with van der Waals surface area (Å²) in [6, 6.07) is 11.4. The number of aryl methyl sites for hydroxylation is 2. The molecule has 0 aliphatic rings. The molecule has 0 saturated carbocycles. The first-order valence-electron chi connectivity index (χ1n) is 6.16. The highest BCUT2D eigenvalue weighted by Crippen LogP contribution is 2.25. The van der Waals surface area contributed by atoms with Crippen molar-refractivity contribution in [2.45, 2.75) is 25.0 Å². The van der Waals surface area contributed by atoms with Gasteiger partial charge in [-0.1, -0.05) is 12.1 Å². The molecule has 0 fully saturated rings. The Morgan fingerprint density at radius 2 is 2.05 bits per heavy atom. The lowest BCUT2D eigenvalue weighted by atomic mass is 10.1. The van der Waals surface area contributed by atoms with E-state index < -0.39 is 6.10 Å². The molecule has 1 aromatic heterocycles. The molecule has 0 aliphatic carbocycles. The number of hydrogen-bond acceptors (Lipinski definition) is 4. The molecule has 3 N–H and O–H groups in total. The molecule has 4 heteroatoms. The summed E-state index contributed by atoms with van der Waals surface area (Å²) in [4.78, 5) is 4.44. The number of anilines is 1. The van der Waals surface area contributed by atoms with Crippen molar-refractivity contribution in [2.75, 3.05) is 11.5 Å². The van der Waals surface area contributed by atoms with Crippen molar-refractivity contribution < 1.29 is 5.11 Å². The molecule has 100 valence electrons. The van der Waals surface area contributed by atoms with Crippen LogP contribution in [0.3, 0.4) is 0 Å². The van der Waals surface area contributed by atoms with Crippen LogP contribution in [0.5, 0.6) is 0 Å². The molecule has 19 heavy (non-hydrogen) atoms.